The van der Waals surface area contributed by atoms with Crippen molar-refractivity contribution in [2.45, 2.75) is 32.6 Å². The van der Waals surface area contributed by atoms with Gasteiger partial charge in [-0.3, -0.25) is 9.59 Å². The molecule has 2 aliphatic rings. The van der Waals surface area contributed by atoms with E-state index in [9.17, 15) is 35.9 Å². The zero-order valence-corrected chi connectivity index (χ0v) is 22.9. The molecule has 44 heavy (non-hydrogen) atoms. The molecule has 0 spiro atoms. The minimum Gasteiger partial charge on any atom is -0.324 e. The first-order valence-corrected chi connectivity index (χ1v) is 13.1. The zero-order chi connectivity index (χ0) is 31.5. The fourth-order valence-electron chi connectivity index (χ4n) is 4.91. The number of carbonyl (C=O) groups is 2. The molecule has 0 aliphatic carbocycles. The number of nitrogens with zero attached hydrogens (tertiary/aromatic N) is 7. The Morgan fingerprint density at radius 3 is 1.70 bits per heavy atom. The molecule has 4 heterocycles. The van der Waals surface area contributed by atoms with Gasteiger partial charge < -0.3 is 10.2 Å². The number of amides is 2. The third-order valence-electron chi connectivity index (χ3n) is 6.77. The van der Waals surface area contributed by atoms with Gasteiger partial charge in [0.05, 0.1) is 33.9 Å². The van der Waals surface area contributed by atoms with Gasteiger partial charge in [0.25, 0.3) is 0 Å². The third-order valence-corrected chi connectivity index (χ3v) is 6.77. The van der Waals surface area contributed by atoms with E-state index < -0.39 is 46.0 Å². The highest BCUT2D eigenvalue weighted by molar-refractivity contribution is 5.98. The summed E-state index contributed by atoms with van der Waals surface area (Å²) in [5, 5.41) is 10.3. The molecule has 1 N–H and O–H groups in total. The lowest BCUT2D eigenvalue weighted by atomic mass is 10.00. The smallest absolute Gasteiger partial charge is 0.227 e. The SMILES string of the molecule is CCN1C(=O)CCC(n2cncn2)=C1c1c(F)cc(F)cc1F.O=C1CCC(n2cncn2)=C(c2c(F)cc(F)cc2F)N1. The number of benzene rings is 2. The van der Waals surface area contributed by atoms with Crippen LogP contribution in [0.1, 0.15) is 43.7 Å². The van der Waals surface area contributed by atoms with Gasteiger partial charge in [0, 0.05) is 56.5 Å². The molecular formula is C28H22F6N8O2. The normalized spacial score (nSPS) is 15.4. The molecule has 0 radical (unpaired) electrons. The summed E-state index contributed by atoms with van der Waals surface area (Å²) in [4.78, 5) is 32.5. The maximum atomic E-state index is 14.3. The molecule has 0 saturated carbocycles. The van der Waals surface area contributed by atoms with Crippen LogP contribution in [0.25, 0.3) is 22.8 Å². The van der Waals surface area contributed by atoms with E-state index in [1.54, 1.807) is 6.92 Å². The first kappa shape index (κ1) is 30.2. The van der Waals surface area contributed by atoms with E-state index >= 15 is 0 Å². The average molecular weight is 617 g/mol. The number of carbonyl (C=O) groups excluding carboxylic acids is 2. The largest absolute Gasteiger partial charge is 0.324 e. The molecule has 2 aliphatic heterocycles. The van der Waals surface area contributed by atoms with E-state index in [1.807, 2.05) is 0 Å². The Hall–Kier alpha value is -5.28. The van der Waals surface area contributed by atoms with Gasteiger partial charge in [-0.1, -0.05) is 0 Å². The predicted octanol–water partition coefficient (Wildman–Crippen LogP) is 4.59. The number of nitrogens with one attached hydrogen (secondary N) is 1. The zero-order valence-electron chi connectivity index (χ0n) is 22.9. The molecule has 16 heteroatoms. The first-order valence-electron chi connectivity index (χ1n) is 13.1. The standard InChI is InChI=1S/C15H13F3N4O.C13H9F3N4O/c1-2-21-13(23)4-3-12(22-8-19-7-20-22)15(21)14-10(17)5-9(16)6-11(14)18;14-7-3-8(15)12(9(16)4-7)13-10(1-2-11(21)19-13)20-6-17-5-18-20/h5-8H,2-4H2,1H3;3-6H,1-2H2,(H,19,21). The van der Waals surface area contributed by atoms with E-state index in [1.165, 1.54) is 39.6 Å². The van der Waals surface area contributed by atoms with E-state index in [0.717, 1.165) is 0 Å². The topological polar surface area (TPSA) is 111 Å². The first-order chi connectivity index (χ1) is 21.1. The maximum absolute atomic E-state index is 14.3. The molecule has 6 rings (SSSR count). The number of hydrogen-bond acceptors (Lipinski definition) is 6. The summed E-state index contributed by atoms with van der Waals surface area (Å²) in [6.45, 7) is 1.92. The molecule has 2 aromatic carbocycles. The van der Waals surface area contributed by atoms with E-state index in [4.69, 9.17) is 0 Å². The number of rotatable bonds is 5. The summed E-state index contributed by atoms with van der Waals surface area (Å²) in [5.74, 6) is -7.00. The highest BCUT2D eigenvalue weighted by Gasteiger charge is 2.32. The summed E-state index contributed by atoms with van der Waals surface area (Å²) in [5.41, 5.74) is -0.109. The highest BCUT2D eigenvalue weighted by atomic mass is 19.2. The molecule has 0 atom stereocenters. The maximum Gasteiger partial charge on any atom is 0.227 e. The van der Waals surface area contributed by atoms with E-state index in [0.29, 0.717) is 35.7 Å². The van der Waals surface area contributed by atoms with Gasteiger partial charge in [-0.15, -0.1) is 0 Å². The highest BCUT2D eigenvalue weighted by Crippen LogP contribution is 2.36. The number of allylic oxidation sites excluding steroid dienone is 2. The lowest BCUT2D eigenvalue weighted by molar-refractivity contribution is -0.128. The fourth-order valence-corrected chi connectivity index (χ4v) is 4.91. The number of hydrogen-bond donors (Lipinski definition) is 1. The van der Waals surface area contributed by atoms with Crippen molar-refractivity contribution < 1.29 is 35.9 Å². The number of halogens is 6. The van der Waals surface area contributed by atoms with Crippen LogP contribution in [-0.2, 0) is 9.59 Å². The monoisotopic (exact) mass is 616 g/mol. The lowest BCUT2D eigenvalue weighted by Crippen LogP contribution is -2.34. The van der Waals surface area contributed by atoms with Gasteiger partial charge in [-0.25, -0.2) is 45.7 Å². The molecule has 0 saturated heterocycles. The van der Waals surface area contributed by atoms with Crippen molar-refractivity contribution in [2.75, 3.05) is 6.54 Å². The van der Waals surface area contributed by atoms with E-state index in [-0.39, 0.29) is 55.4 Å². The van der Waals surface area contributed by atoms with Crippen LogP contribution in [0.3, 0.4) is 0 Å². The van der Waals surface area contributed by atoms with Crippen molar-refractivity contribution in [3.05, 3.63) is 95.6 Å². The molecular weight excluding hydrogens is 594 g/mol. The second-order valence-corrected chi connectivity index (χ2v) is 9.47. The van der Waals surface area contributed by atoms with Crippen molar-refractivity contribution in [1.29, 1.82) is 0 Å². The molecule has 2 amide bonds. The van der Waals surface area contributed by atoms with Crippen LogP contribution < -0.4 is 5.32 Å². The van der Waals surface area contributed by atoms with Crippen LogP contribution in [0.4, 0.5) is 26.3 Å². The summed E-state index contributed by atoms with van der Waals surface area (Å²) < 4.78 is 85.2. The van der Waals surface area contributed by atoms with Crippen molar-refractivity contribution >= 4 is 34.6 Å². The van der Waals surface area contributed by atoms with Crippen LogP contribution in [0.15, 0.2) is 49.6 Å². The Labute approximate surface area is 245 Å². The number of aromatic nitrogens is 6. The van der Waals surface area contributed by atoms with E-state index in [2.05, 4.69) is 25.5 Å². The molecule has 0 fully saturated rings. The Morgan fingerprint density at radius 1 is 0.705 bits per heavy atom. The average Bonchev–Trinajstić information content (AvgIpc) is 3.68. The quantitative estimate of drug-likeness (QED) is 0.329. The Bertz CT molecular complexity index is 1740. The van der Waals surface area contributed by atoms with Crippen LogP contribution >= 0.6 is 0 Å². The second-order valence-electron chi connectivity index (χ2n) is 9.47. The predicted molar refractivity (Wildman–Crippen MR) is 143 cm³/mol. The van der Waals surface area contributed by atoms with Crippen molar-refractivity contribution in [1.82, 2.24) is 39.7 Å². The Morgan fingerprint density at radius 2 is 1.20 bits per heavy atom. The van der Waals surface area contributed by atoms with Crippen molar-refractivity contribution in [2.24, 2.45) is 0 Å². The van der Waals surface area contributed by atoms with Gasteiger partial charge >= 0.3 is 0 Å². The van der Waals surface area contributed by atoms with Crippen LogP contribution in [-0.4, -0.2) is 52.8 Å². The minimum atomic E-state index is -1.10. The van der Waals surface area contributed by atoms with Gasteiger partial charge in [-0.2, -0.15) is 10.2 Å². The minimum absolute atomic E-state index is 0.0595. The fraction of sp³-hybridized carbons (Fsp3) is 0.214. The Balaban J connectivity index is 0.000000175. The van der Waals surface area contributed by atoms with Crippen molar-refractivity contribution in [3.8, 4) is 0 Å². The van der Waals surface area contributed by atoms with Gasteiger partial charge in [0.1, 0.15) is 60.2 Å². The van der Waals surface area contributed by atoms with Crippen molar-refractivity contribution in [3.63, 3.8) is 0 Å². The summed E-state index contributed by atoms with van der Waals surface area (Å²) in [7, 11) is 0. The molecule has 4 aromatic rings. The van der Waals surface area contributed by atoms with Crippen LogP contribution in [0.5, 0.6) is 0 Å². The molecule has 10 nitrogen and oxygen atoms in total. The summed E-state index contributed by atoms with van der Waals surface area (Å²) in [6.07, 6.45) is 6.13. The van der Waals surface area contributed by atoms with Gasteiger partial charge in [0.15, 0.2) is 0 Å². The third kappa shape index (κ3) is 5.95. The molecule has 0 unspecified atom stereocenters. The molecule has 228 valence electrons. The van der Waals surface area contributed by atoms with Crippen LogP contribution in [0, 0.1) is 34.9 Å². The lowest BCUT2D eigenvalue weighted by Gasteiger charge is -2.31. The summed E-state index contributed by atoms with van der Waals surface area (Å²) >= 11 is 0. The molecule has 2 aromatic heterocycles. The second kappa shape index (κ2) is 12.5. The van der Waals surface area contributed by atoms with Gasteiger partial charge in [0.2, 0.25) is 11.8 Å². The van der Waals surface area contributed by atoms with Gasteiger partial charge in [-0.05, 0) is 6.92 Å². The molecule has 0 bridgehead atoms. The summed E-state index contributed by atoms with van der Waals surface area (Å²) in [6, 6.07) is 2.31. The van der Waals surface area contributed by atoms with Crippen LogP contribution in [0.2, 0.25) is 0 Å². The Kier molecular flexibility index (Phi) is 8.59.